The lowest BCUT2D eigenvalue weighted by Gasteiger charge is -2.26. The van der Waals surface area contributed by atoms with Gasteiger partial charge in [-0.2, -0.15) is 0 Å². The van der Waals surface area contributed by atoms with Crippen LogP contribution in [0.1, 0.15) is 43.0 Å². The second-order valence-electron chi connectivity index (χ2n) is 7.72. The van der Waals surface area contributed by atoms with Crippen molar-refractivity contribution in [3.8, 4) is 11.3 Å². The fraction of sp³-hybridized carbons (Fsp3) is 0.474. The Hall–Kier alpha value is -1.97. The van der Waals surface area contributed by atoms with Crippen molar-refractivity contribution in [1.82, 2.24) is 19.8 Å². The van der Waals surface area contributed by atoms with Gasteiger partial charge in [0.05, 0.1) is 28.4 Å². The molecule has 3 rings (SSSR count). The van der Waals surface area contributed by atoms with Crippen LogP contribution in [-0.2, 0) is 17.1 Å². The molecule has 1 aliphatic rings. The number of nitrogens with one attached hydrogen (secondary N) is 2. The smallest absolute Gasteiger partial charge is 0.269 e. The van der Waals surface area contributed by atoms with E-state index >= 15 is 0 Å². The van der Waals surface area contributed by atoms with E-state index in [-0.39, 0.29) is 22.3 Å². The maximum atomic E-state index is 14.4. The van der Waals surface area contributed by atoms with Crippen molar-refractivity contribution in [2.45, 2.75) is 32.6 Å². The van der Waals surface area contributed by atoms with E-state index in [9.17, 15) is 17.6 Å². The van der Waals surface area contributed by atoms with E-state index in [1.165, 1.54) is 12.1 Å². The van der Waals surface area contributed by atoms with Crippen LogP contribution >= 0.6 is 11.6 Å². The predicted octanol–water partition coefficient (Wildman–Crippen LogP) is 3.27. The number of hydrogen-bond donors (Lipinski definition) is 2. The highest BCUT2D eigenvalue weighted by molar-refractivity contribution is 7.89. The third kappa shape index (κ3) is 5.55. The molecule has 0 spiro atoms. The number of benzene rings is 1. The molecule has 1 aromatic carbocycles. The largest absolute Gasteiger partial charge is 0.340 e. The van der Waals surface area contributed by atoms with Gasteiger partial charge in [0.25, 0.3) is 5.91 Å². The minimum atomic E-state index is -3.74. The Labute approximate surface area is 174 Å². The highest BCUT2D eigenvalue weighted by Crippen LogP contribution is 2.29. The van der Waals surface area contributed by atoms with E-state index in [2.05, 4.69) is 22.2 Å². The van der Waals surface area contributed by atoms with Gasteiger partial charge in [-0.1, -0.05) is 31.4 Å². The van der Waals surface area contributed by atoms with Crippen molar-refractivity contribution in [3.05, 3.63) is 41.1 Å². The zero-order valence-electron chi connectivity index (χ0n) is 16.3. The first-order valence-corrected chi connectivity index (χ1v) is 11.4. The lowest BCUT2D eigenvalue weighted by molar-refractivity contribution is 0.0941. The minimum absolute atomic E-state index is 0.0480. The molecule has 1 aromatic heterocycles. The molecule has 1 aliphatic carbocycles. The molecule has 2 unspecified atom stereocenters. The molecule has 10 heteroatoms. The number of hydrazine groups is 1. The van der Waals surface area contributed by atoms with Gasteiger partial charge in [-0.05, 0) is 36.8 Å². The number of halogens is 2. The van der Waals surface area contributed by atoms with Crippen LogP contribution in [0.25, 0.3) is 11.3 Å². The summed E-state index contributed by atoms with van der Waals surface area (Å²) in [4.78, 5) is 18.7. The number of sulfonamides is 1. The zero-order chi connectivity index (χ0) is 21.2. The van der Waals surface area contributed by atoms with Gasteiger partial charge >= 0.3 is 0 Å². The summed E-state index contributed by atoms with van der Waals surface area (Å²) in [6, 6.07) is 2.65. The molecule has 0 aliphatic heterocycles. The SMILES string of the molecule is CC1CCCC(CS(=O)(=O)NNC(=O)c2cc(-c3cn(C)cn3)cc(Cl)c2F)C1. The van der Waals surface area contributed by atoms with E-state index in [1.54, 1.807) is 24.1 Å². The van der Waals surface area contributed by atoms with Crippen molar-refractivity contribution in [2.75, 3.05) is 5.75 Å². The first-order chi connectivity index (χ1) is 13.6. The number of rotatable bonds is 6. The van der Waals surface area contributed by atoms with Crippen LogP contribution in [0, 0.1) is 17.7 Å². The summed E-state index contributed by atoms with van der Waals surface area (Å²) in [7, 11) is -1.97. The summed E-state index contributed by atoms with van der Waals surface area (Å²) >= 11 is 5.92. The molecule has 158 valence electrons. The Morgan fingerprint density at radius 2 is 2.14 bits per heavy atom. The molecular weight excluding hydrogens is 419 g/mol. The quantitative estimate of drug-likeness (QED) is 0.671. The zero-order valence-corrected chi connectivity index (χ0v) is 17.9. The average molecular weight is 443 g/mol. The molecule has 0 radical (unpaired) electrons. The lowest BCUT2D eigenvalue weighted by atomic mass is 9.83. The number of carbonyl (C=O) groups is 1. The molecule has 1 heterocycles. The fourth-order valence-electron chi connectivity index (χ4n) is 3.72. The van der Waals surface area contributed by atoms with E-state index in [0.29, 0.717) is 17.2 Å². The fourth-order valence-corrected chi connectivity index (χ4v) is 5.19. The Bertz CT molecular complexity index is 1010. The molecule has 1 fully saturated rings. The van der Waals surface area contributed by atoms with Gasteiger partial charge in [-0.25, -0.2) is 17.8 Å². The van der Waals surface area contributed by atoms with Crippen LogP contribution in [0.3, 0.4) is 0 Å². The molecule has 0 saturated heterocycles. The number of amides is 1. The van der Waals surface area contributed by atoms with Crippen molar-refractivity contribution in [2.24, 2.45) is 18.9 Å². The molecule has 29 heavy (non-hydrogen) atoms. The van der Waals surface area contributed by atoms with Crippen molar-refractivity contribution in [1.29, 1.82) is 0 Å². The highest BCUT2D eigenvalue weighted by atomic mass is 35.5. The summed E-state index contributed by atoms with van der Waals surface area (Å²) in [5.74, 6) is -1.39. The third-order valence-corrected chi connectivity index (χ3v) is 6.69. The Morgan fingerprint density at radius 3 is 2.79 bits per heavy atom. The van der Waals surface area contributed by atoms with Crippen LogP contribution in [0.2, 0.25) is 5.02 Å². The number of aromatic nitrogens is 2. The summed E-state index contributed by atoms with van der Waals surface area (Å²) in [5, 5.41) is -0.252. The summed E-state index contributed by atoms with van der Waals surface area (Å²) in [5.41, 5.74) is 2.68. The topological polar surface area (TPSA) is 93.1 Å². The van der Waals surface area contributed by atoms with Gasteiger partial charge in [0.1, 0.15) is 0 Å². The maximum Gasteiger partial charge on any atom is 0.269 e. The van der Waals surface area contributed by atoms with Gasteiger partial charge in [0.2, 0.25) is 10.0 Å². The van der Waals surface area contributed by atoms with E-state index in [0.717, 1.165) is 25.7 Å². The third-order valence-electron chi connectivity index (χ3n) is 5.09. The van der Waals surface area contributed by atoms with Crippen LogP contribution in [0.4, 0.5) is 4.39 Å². The van der Waals surface area contributed by atoms with Crippen molar-refractivity contribution < 1.29 is 17.6 Å². The van der Waals surface area contributed by atoms with Crippen LogP contribution in [0.15, 0.2) is 24.7 Å². The first kappa shape index (κ1) is 21.7. The number of imidazole rings is 1. The molecule has 7 nitrogen and oxygen atoms in total. The number of nitrogens with zero attached hydrogens (tertiary/aromatic N) is 2. The molecule has 0 bridgehead atoms. The second kappa shape index (κ2) is 8.81. The molecule has 2 N–H and O–H groups in total. The van der Waals surface area contributed by atoms with Crippen molar-refractivity contribution >= 4 is 27.5 Å². The van der Waals surface area contributed by atoms with Gasteiger partial charge < -0.3 is 4.57 Å². The monoisotopic (exact) mass is 442 g/mol. The summed E-state index contributed by atoms with van der Waals surface area (Å²) in [6.07, 6.45) is 7.04. The molecule has 2 aromatic rings. The summed E-state index contributed by atoms with van der Waals surface area (Å²) in [6.45, 7) is 2.11. The van der Waals surface area contributed by atoms with Crippen LogP contribution in [-0.4, -0.2) is 29.6 Å². The van der Waals surface area contributed by atoms with E-state index in [1.807, 2.05) is 0 Å². The Balaban J connectivity index is 1.70. The molecular formula is C19H24ClFN4O3S. The minimum Gasteiger partial charge on any atom is -0.340 e. The van der Waals surface area contributed by atoms with Gasteiger partial charge in [0.15, 0.2) is 5.82 Å². The normalized spacial score (nSPS) is 19.9. The number of aryl methyl sites for hydroxylation is 1. The molecule has 1 amide bonds. The Kier molecular flexibility index (Phi) is 6.60. The number of carbonyl (C=O) groups excluding carboxylic acids is 1. The number of hydrogen-bond acceptors (Lipinski definition) is 4. The maximum absolute atomic E-state index is 14.4. The average Bonchev–Trinajstić information content (AvgIpc) is 3.08. The van der Waals surface area contributed by atoms with Gasteiger partial charge in [-0.3, -0.25) is 10.2 Å². The first-order valence-electron chi connectivity index (χ1n) is 9.42. The highest BCUT2D eigenvalue weighted by Gasteiger charge is 2.25. The van der Waals surface area contributed by atoms with E-state index in [4.69, 9.17) is 11.6 Å². The van der Waals surface area contributed by atoms with E-state index < -0.39 is 21.7 Å². The molecule has 2 atom stereocenters. The van der Waals surface area contributed by atoms with Crippen LogP contribution in [0.5, 0.6) is 0 Å². The standard InChI is InChI=1S/C19H24ClFN4O3S/c1-12-4-3-5-13(6-12)10-29(27,28)24-23-19(26)15-7-14(8-16(20)18(15)21)17-9-25(2)11-22-17/h7-9,11-13,24H,3-6,10H2,1-2H3,(H,23,26). The van der Waals surface area contributed by atoms with Gasteiger partial charge in [-0.15, -0.1) is 4.83 Å². The molecule has 1 saturated carbocycles. The van der Waals surface area contributed by atoms with Crippen LogP contribution < -0.4 is 10.3 Å². The Morgan fingerprint density at radius 1 is 1.38 bits per heavy atom. The second-order valence-corrected chi connectivity index (χ2v) is 9.89. The van der Waals surface area contributed by atoms with Crippen molar-refractivity contribution in [3.63, 3.8) is 0 Å². The predicted molar refractivity (Wildman–Crippen MR) is 109 cm³/mol. The lowest BCUT2D eigenvalue weighted by Crippen LogP contribution is -2.44. The summed E-state index contributed by atoms with van der Waals surface area (Å²) < 4.78 is 40.7. The van der Waals surface area contributed by atoms with Gasteiger partial charge in [0, 0.05) is 18.8 Å².